The molecule has 0 bridgehead atoms. The molecule has 0 unspecified atom stereocenters. The molecule has 0 aliphatic rings. The Hall–Kier alpha value is -1.86. The number of nitrogens with one attached hydrogen (secondary N) is 1. The van der Waals surface area contributed by atoms with Gasteiger partial charge in [0.15, 0.2) is 0 Å². The van der Waals surface area contributed by atoms with Gasteiger partial charge in [0.05, 0.1) is 4.92 Å². The Kier molecular flexibility index (Phi) is 5.89. The van der Waals surface area contributed by atoms with Crippen molar-refractivity contribution in [1.82, 2.24) is 5.32 Å². The van der Waals surface area contributed by atoms with Gasteiger partial charge in [-0.3, -0.25) is 10.1 Å². The van der Waals surface area contributed by atoms with Crippen LogP contribution in [0.2, 0.25) is 0 Å². The summed E-state index contributed by atoms with van der Waals surface area (Å²) >= 11 is 0. The first-order chi connectivity index (χ1) is 8.65. The molecule has 1 rings (SSSR count). The van der Waals surface area contributed by atoms with Gasteiger partial charge in [-0.25, -0.2) is 0 Å². The molecular weight excluding hydrogens is 228 g/mol. The summed E-state index contributed by atoms with van der Waals surface area (Å²) in [5, 5.41) is 14.0. The molecule has 1 aromatic rings. The van der Waals surface area contributed by atoms with Gasteiger partial charge in [0.1, 0.15) is 0 Å². The van der Waals surface area contributed by atoms with Gasteiger partial charge in [-0.05, 0) is 31.9 Å². The lowest BCUT2D eigenvalue weighted by Gasteiger charge is -2.05. The molecule has 0 saturated carbocycles. The predicted octanol–water partition coefficient (Wildman–Crippen LogP) is 2.80. The third-order valence-electron chi connectivity index (χ3n) is 2.72. The standard InChI is InChI=1S/C14H18N2O2/c1-3-4-5-6-9-15-11-13-8-7-12(2)14(10-13)16(17)18/h1,7-8,10,15H,4-6,9,11H2,2H3. The van der Waals surface area contributed by atoms with E-state index < -0.39 is 0 Å². The summed E-state index contributed by atoms with van der Waals surface area (Å²) in [6.07, 6.45) is 8.00. The van der Waals surface area contributed by atoms with Crippen molar-refractivity contribution in [2.24, 2.45) is 0 Å². The van der Waals surface area contributed by atoms with Crippen molar-refractivity contribution >= 4 is 5.69 Å². The fourth-order valence-corrected chi connectivity index (χ4v) is 1.67. The van der Waals surface area contributed by atoms with Crippen LogP contribution in [0, 0.1) is 29.4 Å². The molecule has 0 saturated heterocycles. The van der Waals surface area contributed by atoms with E-state index >= 15 is 0 Å². The zero-order valence-electron chi connectivity index (χ0n) is 10.6. The topological polar surface area (TPSA) is 55.2 Å². The highest BCUT2D eigenvalue weighted by Gasteiger charge is 2.10. The highest BCUT2D eigenvalue weighted by molar-refractivity contribution is 5.42. The molecule has 0 radical (unpaired) electrons. The van der Waals surface area contributed by atoms with Gasteiger partial charge in [0.2, 0.25) is 0 Å². The fraction of sp³-hybridized carbons (Fsp3) is 0.429. The maximum atomic E-state index is 10.8. The molecule has 1 aromatic carbocycles. The van der Waals surface area contributed by atoms with E-state index in [9.17, 15) is 10.1 Å². The molecule has 0 spiro atoms. The normalized spacial score (nSPS) is 10.0. The average molecular weight is 246 g/mol. The van der Waals surface area contributed by atoms with E-state index in [2.05, 4.69) is 11.2 Å². The smallest absolute Gasteiger partial charge is 0.272 e. The number of unbranched alkanes of at least 4 members (excludes halogenated alkanes) is 2. The number of nitrogens with zero attached hydrogens (tertiary/aromatic N) is 1. The van der Waals surface area contributed by atoms with Gasteiger partial charge in [0, 0.05) is 24.6 Å². The lowest BCUT2D eigenvalue weighted by atomic mass is 10.1. The largest absolute Gasteiger partial charge is 0.313 e. The van der Waals surface area contributed by atoms with Gasteiger partial charge in [0.25, 0.3) is 5.69 Å². The second-order valence-corrected chi connectivity index (χ2v) is 4.22. The second kappa shape index (κ2) is 7.46. The van der Waals surface area contributed by atoms with E-state index in [0.717, 1.165) is 31.4 Å². The first-order valence-electron chi connectivity index (χ1n) is 6.03. The first kappa shape index (κ1) is 14.2. The summed E-state index contributed by atoms with van der Waals surface area (Å²) < 4.78 is 0. The highest BCUT2D eigenvalue weighted by Crippen LogP contribution is 2.18. The van der Waals surface area contributed by atoms with Crippen molar-refractivity contribution in [2.45, 2.75) is 32.7 Å². The van der Waals surface area contributed by atoms with E-state index in [1.165, 1.54) is 0 Å². The van der Waals surface area contributed by atoms with Crippen LogP contribution in [0.4, 0.5) is 5.69 Å². The third kappa shape index (κ3) is 4.56. The third-order valence-corrected chi connectivity index (χ3v) is 2.72. The van der Waals surface area contributed by atoms with Crippen LogP contribution < -0.4 is 5.32 Å². The molecule has 0 atom stereocenters. The van der Waals surface area contributed by atoms with Crippen LogP contribution in [0.5, 0.6) is 0 Å². The van der Waals surface area contributed by atoms with E-state index in [0.29, 0.717) is 12.1 Å². The van der Waals surface area contributed by atoms with Crippen molar-refractivity contribution in [3.8, 4) is 12.3 Å². The summed E-state index contributed by atoms with van der Waals surface area (Å²) in [7, 11) is 0. The van der Waals surface area contributed by atoms with E-state index in [4.69, 9.17) is 6.42 Å². The number of nitro benzene ring substituents is 1. The molecule has 0 heterocycles. The second-order valence-electron chi connectivity index (χ2n) is 4.22. The number of benzene rings is 1. The lowest BCUT2D eigenvalue weighted by molar-refractivity contribution is -0.385. The number of nitro groups is 1. The molecule has 96 valence electrons. The number of hydrogen-bond acceptors (Lipinski definition) is 3. The summed E-state index contributed by atoms with van der Waals surface area (Å²) in [5.74, 6) is 2.60. The van der Waals surface area contributed by atoms with Crippen LogP contribution in [-0.2, 0) is 6.54 Å². The summed E-state index contributed by atoms with van der Waals surface area (Å²) in [4.78, 5) is 10.4. The number of terminal acetylenes is 1. The molecule has 4 heteroatoms. The van der Waals surface area contributed by atoms with Crippen molar-refractivity contribution in [2.75, 3.05) is 6.54 Å². The molecular formula is C14H18N2O2. The van der Waals surface area contributed by atoms with Crippen molar-refractivity contribution in [1.29, 1.82) is 0 Å². The molecule has 0 aliphatic carbocycles. The van der Waals surface area contributed by atoms with Crippen LogP contribution in [0.15, 0.2) is 18.2 Å². The first-order valence-corrected chi connectivity index (χ1v) is 6.03. The van der Waals surface area contributed by atoms with Gasteiger partial charge >= 0.3 is 0 Å². The molecule has 0 fully saturated rings. The molecule has 0 aromatic heterocycles. The van der Waals surface area contributed by atoms with Crippen LogP contribution in [0.25, 0.3) is 0 Å². The predicted molar refractivity (Wildman–Crippen MR) is 72.2 cm³/mol. The van der Waals surface area contributed by atoms with E-state index in [-0.39, 0.29) is 10.6 Å². The number of aryl methyl sites for hydroxylation is 1. The van der Waals surface area contributed by atoms with Crippen LogP contribution in [0.3, 0.4) is 0 Å². The number of rotatable bonds is 7. The van der Waals surface area contributed by atoms with Gasteiger partial charge < -0.3 is 5.32 Å². The number of hydrogen-bond donors (Lipinski definition) is 1. The van der Waals surface area contributed by atoms with Gasteiger partial charge in [-0.1, -0.05) is 12.1 Å². The van der Waals surface area contributed by atoms with Crippen LogP contribution >= 0.6 is 0 Å². The molecule has 4 nitrogen and oxygen atoms in total. The Morgan fingerprint density at radius 2 is 2.22 bits per heavy atom. The summed E-state index contributed by atoms with van der Waals surface area (Å²) in [5.41, 5.74) is 1.81. The average Bonchev–Trinajstić information content (AvgIpc) is 2.35. The van der Waals surface area contributed by atoms with Gasteiger partial charge in [-0.2, -0.15) is 0 Å². The van der Waals surface area contributed by atoms with Crippen molar-refractivity contribution < 1.29 is 4.92 Å². The Morgan fingerprint density at radius 3 is 2.89 bits per heavy atom. The Bertz CT molecular complexity index is 450. The molecule has 18 heavy (non-hydrogen) atoms. The van der Waals surface area contributed by atoms with Crippen molar-refractivity contribution in [3.63, 3.8) is 0 Å². The maximum absolute atomic E-state index is 10.8. The minimum atomic E-state index is -0.342. The summed E-state index contributed by atoms with van der Waals surface area (Å²) in [6, 6.07) is 5.33. The fourth-order valence-electron chi connectivity index (χ4n) is 1.67. The summed E-state index contributed by atoms with van der Waals surface area (Å²) in [6.45, 7) is 3.27. The Balaban J connectivity index is 2.41. The highest BCUT2D eigenvalue weighted by atomic mass is 16.6. The Morgan fingerprint density at radius 1 is 1.44 bits per heavy atom. The van der Waals surface area contributed by atoms with Crippen LogP contribution in [0.1, 0.15) is 30.4 Å². The SMILES string of the molecule is C#CCCCCNCc1ccc(C)c([N+](=O)[O-])c1. The van der Waals surface area contributed by atoms with E-state index in [1.54, 1.807) is 19.1 Å². The van der Waals surface area contributed by atoms with Crippen LogP contribution in [-0.4, -0.2) is 11.5 Å². The monoisotopic (exact) mass is 246 g/mol. The zero-order chi connectivity index (χ0) is 13.4. The molecule has 1 N–H and O–H groups in total. The quantitative estimate of drug-likeness (QED) is 0.348. The maximum Gasteiger partial charge on any atom is 0.272 e. The van der Waals surface area contributed by atoms with Crippen molar-refractivity contribution in [3.05, 3.63) is 39.4 Å². The molecule has 0 amide bonds. The van der Waals surface area contributed by atoms with Gasteiger partial charge in [-0.15, -0.1) is 12.3 Å². The zero-order valence-corrected chi connectivity index (χ0v) is 10.6. The minimum absolute atomic E-state index is 0.182. The lowest BCUT2D eigenvalue weighted by Crippen LogP contribution is -2.14. The molecule has 0 aliphatic heterocycles. The van der Waals surface area contributed by atoms with E-state index in [1.807, 2.05) is 6.07 Å². The Labute approximate surface area is 108 Å². The minimum Gasteiger partial charge on any atom is -0.313 e.